The molecule has 0 aromatic heterocycles. The van der Waals surface area contributed by atoms with Gasteiger partial charge in [-0.05, 0) is 131 Å². The smallest absolute Gasteiger partial charge is 0.231 e. The quantitative estimate of drug-likeness (QED) is 0.284. The van der Waals surface area contributed by atoms with Crippen molar-refractivity contribution in [1.82, 2.24) is 0 Å². The molecule has 0 aliphatic carbocycles. The minimum Gasteiger partial charge on any atom is -0.475 e. The van der Waals surface area contributed by atoms with Crippen LogP contribution in [0, 0.1) is 0 Å². The van der Waals surface area contributed by atoms with Gasteiger partial charge in [-0.2, -0.15) is 0 Å². The second-order valence-corrected chi connectivity index (χ2v) is 11.8. The molecule has 0 heterocycles. The third kappa shape index (κ3) is 8.97. The highest BCUT2D eigenvalue weighted by Crippen LogP contribution is 2.36. The molecule has 0 saturated carbocycles. The zero-order valence-electron chi connectivity index (χ0n) is 16.0. The molecule has 0 aliphatic rings. The van der Waals surface area contributed by atoms with E-state index in [4.69, 9.17) is 33.9 Å². The first-order valence-electron chi connectivity index (χ1n) is 8.64. The first kappa shape index (κ1) is 23.9. The maximum absolute atomic E-state index is 5.48. The van der Waals surface area contributed by atoms with Gasteiger partial charge in [0.25, 0.3) is 0 Å². The molecule has 150 valence electrons. The molecule has 0 aliphatic heterocycles. The van der Waals surface area contributed by atoms with E-state index in [1.807, 2.05) is 27.7 Å². The second kappa shape index (κ2) is 12.3. The van der Waals surface area contributed by atoms with Crippen molar-refractivity contribution >= 4 is 76.4 Å². The molecule has 0 spiro atoms. The van der Waals surface area contributed by atoms with Gasteiger partial charge >= 0.3 is 0 Å². The van der Waals surface area contributed by atoms with Crippen LogP contribution in [0.4, 0.5) is 0 Å². The normalized spacial score (nSPS) is 10.9. The summed E-state index contributed by atoms with van der Waals surface area (Å²) in [5, 5.41) is 0. The number of benzene rings is 2. The fourth-order valence-electron chi connectivity index (χ4n) is 1.99. The Morgan fingerprint density at radius 2 is 0.964 bits per heavy atom. The third-order valence-electron chi connectivity index (χ3n) is 3.12. The Bertz CT molecular complexity index is 705. The number of hydrogen-bond acceptors (Lipinski definition) is 8. The van der Waals surface area contributed by atoms with Crippen molar-refractivity contribution in [2.45, 2.75) is 49.7 Å². The van der Waals surface area contributed by atoms with Gasteiger partial charge in [-0.1, -0.05) is 24.3 Å². The predicted octanol–water partition coefficient (Wildman–Crippen LogP) is 8.25. The lowest BCUT2D eigenvalue weighted by molar-refractivity contribution is 0.243. The van der Waals surface area contributed by atoms with Crippen LogP contribution in [-0.4, -0.2) is 21.0 Å². The van der Waals surface area contributed by atoms with Crippen molar-refractivity contribution in [3.8, 4) is 11.1 Å². The Hall–Kier alpha value is -0.380. The van der Waals surface area contributed by atoms with Crippen LogP contribution in [0.5, 0.6) is 0 Å². The summed E-state index contributed by atoms with van der Waals surface area (Å²) >= 11 is 10.4. The van der Waals surface area contributed by atoms with E-state index >= 15 is 0 Å². The van der Waals surface area contributed by atoms with Gasteiger partial charge in [0.2, 0.25) is 8.77 Å². The van der Waals surface area contributed by atoms with Gasteiger partial charge in [0.1, 0.15) is 0 Å². The van der Waals surface area contributed by atoms with Gasteiger partial charge in [-0.3, -0.25) is 0 Å². The van der Waals surface area contributed by atoms with Gasteiger partial charge in [-0.15, -0.1) is 0 Å². The number of thiocarbonyl (C=S) groups is 2. The van der Waals surface area contributed by atoms with E-state index in [0.717, 1.165) is 9.79 Å². The molecule has 2 nitrogen and oxygen atoms in total. The van der Waals surface area contributed by atoms with E-state index in [9.17, 15) is 0 Å². The molecule has 0 amide bonds. The van der Waals surface area contributed by atoms with Crippen molar-refractivity contribution in [2.24, 2.45) is 0 Å². The molecule has 0 unspecified atom stereocenters. The Labute approximate surface area is 194 Å². The second-order valence-electron chi connectivity index (χ2n) is 6.22. The molecule has 0 atom stereocenters. The summed E-state index contributed by atoms with van der Waals surface area (Å²) in [6, 6.07) is 16.9. The highest BCUT2D eigenvalue weighted by Gasteiger charge is 2.06. The molecule has 0 saturated heterocycles. The van der Waals surface area contributed by atoms with Crippen LogP contribution in [0.25, 0.3) is 11.1 Å². The van der Waals surface area contributed by atoms with Crippen LogP contribution in [0.15, 0.2) is 58.3 Å². The molecule has 2 rings (SSSR count). The summed E-state index contributed by atoms with van der Waals surface area (Å²) in [4.78, 5) is 2.29. The molecular formula is C20H22O2S6. The van der Waals surface area contributed by atoms with Crippen molar-refractivity contribution in [3.63, 3.8) is 0 Å². The molecule has 8 heteroatoms. The Kier molecular flexibility index (Phi) is 10.5. The summed E-state index contributed by atoms with van der Waals surface area (Å²) in [7, 11) is 6.17. The fraction of sp³-hybridized carbons (Fsp3) is 0.300. The van der Waals surface area contributed by atoms with Crippen LogP contribution in [0.1, 0.15) is 27.7 Å². The predicted molar refractivity (Wildman–Crippen MR) is 136 cm³/mol. The Morgan fingerprint density at radius 3 is 1.25 bits per heavy atom. The van der Waals surface area contributed by atoms with E-state index in [-0.39, 0.29) is 12.2 Å². The third-order valence-corrected chi connectivity index (χ3v) is 8.57. The average Bonchev–Trinajstić information content (AvgIpc) is 2.64. The van der Waals surface area contributed by atoms with E-state index in [1.54, 1.807) is 21.6 Å². The molecule has 0 fully saturated rings. The summed E-state index contributed by atoms with van der Waals surface area (Å²) in [5.74, 6) is 0. The summed E-state index contributed by atoms with van der Waals surface area (Å²) in [6.07, 6.45) is 0.224. The maximum atomic E-state index is 5.48. The van der Waals surface area contributed by atoms with Crippen LogP contribution in [-0.2, 0) is 9.47 Å². The molecule has 2 aromatic rings. The molecule has 0 radical (unpaired) electrons. The zero-order valence-corrected chi connectivity index (χ0v) is 20.9. The van der Waals surface area contributed by atoms with Crippen LogP contribution >= 0.6 is 67.6 Å². The van der Waals surface area contributed by atoms with Crippen LogP contribution in [0.3, 0.4) is 0 Å². The van der Waals surface area contributed by atoms with Crippen molar-refractivity contribution < 1.29 is 9.47 Å². The Morgan fingerprint density at radius 1 is 0.643 bits per heavy atom. The van der Waals surface area contributed by atoms with Gasteiger partial charge in [0, 0.05) is 9.79 Å². The van der Waals surface area contributed by atoms with Crippen molar-refractivity contribution in [2.75, 3.05) is 0 Å². The highest BCUT2D eigenvalue weighted by molar-refractivity contribution is 8.83. The van der Waals surface area contributed by atoms with Crippen molar-refractivity contribution in [1.29, 1.82) is 0 Å². The molecule has 28 heavy (non-hydrogen) atoms. The largest absolute Gasteiger partial charge is 0.475 e. The Balaban J connectivity index is 1.88. The number of ether oxygens (including phenoxy) is 2. The van der Waals surface area contributed by atoms with E-state index < -0.39 is 0 Å². The molecule has 2 aromatic carbocycles. The summed E-state index contributed by atoms with van der Waals surface area (Å²) in [5.41, 5.74) is 2.36. The van der Waals surface area contributed by atoms with Gasteiger partial charge < -0.3 is 9.47 Å². The first-order chi connectivity index (χ1) is 13.3. The van der Waals surface area contributed by atoms with Gasteiger partial charge in [-0.25, -0.2) is 0 Å². The number of hydrogen-bond donors (Lipinski definition) is 0. The van der Waals surface area contributed by atoms with E-state index in [1.165, 1.54) is 32.7 Å². The zero-order chi connectivity index (χ0) is 20.5. The first-order valence-corrected chi connectivity index (χ1v) is 13.8. The lowest BCUT2D eigenvalue weighted by Crippen LogP contribution is -2.04. The topological polar surface area (TPSA) is 18.5 Å². The van der Waals surface area contributed by atoms with Crippen LogP contribution < -0.4 is 0 Å². The fourth-order valence-corrected chi connectivity index (χ4v) is 6.17. The van der Waals surface area contributed by atoms with Gasteiger partial charge in [0.05, 0.1) is 12.2 Å². The average molecular weight is 487 g/mol. The maximum Gasteiger partial charge on any atom is 0.231 e. The number of rotatable bonds is 7. The minimum atomic E-state index is 0.112. The minimum absolute atomic E-state index is 0.112. The lowest BCUT2D eigenvalue weighted by Gasteiger charge is -2.10. The molecule has 0 bridgehead atoms. The van der Waals surface area contributed by atoms with E-state index in [0.29, 0.717) is 8.77 Å². The standard InChI is InChI=1S/C20H22O2S6/c1-13(2)21-19(23)27-25-17-9-5-15(6-10-17)16-7-11-18(12-8-16)26-28-20(24)22-14(3)4/h5-14H,1-4H3. The van der Waals surface area contributed by atoms with Gasteiger partial charge in [0.15, 0.2) is 0 Å². The van der Waals surface area contributed by atoms with E-state index in [2.05, 4.69) is 48.5 Å². The highest BCUT2D eigenvalue weighted by atomic mass is 33.1. The summed E-state index contributed by atoms with van der Waals surface area (Å²) < 4.78 is 12.1. The monoisotopic (exact) mass is 486 g/mol. The SMILES string of the molecule is CC(C)OC(=S)SSc1ccc(-c2ccc(SSC(=S)OC(C)C)cc2)cc1. The van der Waals surface area contributed by atoms with Crippen molar-refractivity contribution in [3.05, 3.63) is 48.5 Å². The summed E-state index contributed by atoms with van der Waals surface area (Å²) in [6.45, 7) is 7.90. The van der Waals surface area contributed by atoms with Crippen LogP contribution in [0.2, 0.25) is 0 Å². The molecule has 0 N–H and O–H groups in total. The lowest BCUT2D eigenvalue weighted by atomic mass is 10.1. The molecular weight excluding hydrogens is 465 g/mol.